The Hall–Kier alpha value is -1.75. The molecule has 5 nitrogen and oxygen atoms in total. The van der Waals surface area contributed by atoms with Crippen LogP contribution in [-0.2, 0) is 4.74 Å². The molecule has 2 aliphatic rings. The van der Waals surface area contributed by atoms with Crippen molar-refractivity contribution in [2.75, 3.05) is 32.8 Å². The van der Waals surface area contributed by atoms with Gasteiger partial charge < -0.3 is 14.8 Å². The van der Waals surface area contributed by atoms with Crippen LogP contribution in [0.4, 0.5) is 4.79 Å². The first-order valence-corrected chi connectivity index (χ1v) is 8.98. The molecule has 1 aromatic rings. The van der Waals surface area contributed by atoms with E-state index < -0.39 is 0 Å². The van der Waals surface area contributed by atoms with Crippen molar-refractivity contribution < 1.29 is 14.3 Å². The van der Waals surface area contributed by atoms with Crippen molar-refractivity contribution in [1.82, 2.24) is 10.2 Å². The number of carbonyl (C=O) groups excluding carboxylic acids is 1. The third kappa shape index (κ3) is 4.01. The number of ether oxygens (including phenoxy) is 2. The molecule has 0 saturated carbocycles. The number of cyclic esters (lactones) is 1. The Kier molecular flexibility index (Phi) is 5.61. The number of benzene rings is 1. The van der Waals surface area contributed by atoms with E-state index in [0.29, 0.717) is 19.1 Å². The molecule has 2 aliphatic heterocycles. The number of hydrogen-bond donors (Lipinski definition) is 1. The maximum atomic E-state index is 12.0. The molecule has 3 rings (SSSR count). The first-order chi connectivity index (χ1) is 11.6. The summed E-state index contributed by atoms with van der Waals surface area (Å²) in [7, 11) is 0. The van der Waals surface area contributed by atoms with Gasteiger partial charge in [0.1, 0.15) is 25.0 Å². The van der Waals surface area contributed by atoms with E-state index >= 15 is 0 Å². The minimum absolute atomic E-state index is 0.0122. The number of nitrogens with zero attached hydrogens (tertiary/aromatic N) is 1. The fourth-order valence-corrected chi connectivity index (χ4v) is 3.60. The van der Waals surface area contributed by atoms with E-state index in [1.807, 2.05) is 36.9 Å². The fraction of sp³-hybridized carbons (Fsp3) is 0.632. The number of carbonyl (C=O) groups is 1. The van der Waals surface area contributed by atoms with Gasteiger partial charge in [-0.1, -0.05) is 18.2 Å². The summed E-state index contributed by atoms with van der Waals surface area (Å²) in [4.78, 5) is 13.9. The number of amides is 1. The van der Waals surface area contributed by atoms with E-state index in [9.17, 15) is 4.79 Å². The van der Waals surface area contributed by atoms with Crippen LogP contribution in [0.1, 0.15) is 30.4 Å². The zero-order valence-electron chi connectivity index (χ0n) is 14.7. The van der Waals surface area contributed by atoms with Crippen molar-refractivity contribution in [3.8, 4) is 5.75 Å². The molecule has 2 heterocycles. The van der Waals surface area contributed by atoms with Gasteiger partial charge in [0.05, 0.1) is 0 Å². The van der Waals surface area contributed by atoms with E-state index in [1.54, 1.807) is 0 Å². The number of hydrogen-bond acceptors (Lipinski definition) is 4. The molecule has 0 bridgehead atoms. The summed E-state index contributed by atoms with van der Waals surface area (Å²) in [6.45, 7) is 7.97. The van der Waals surface area contributed by atoms with Crippen molar-refractivity contribution in [2.45, 2.75) is 39.2 Å². The quantitative estimate of drug-likeness (QED) is 0.870. The van der Waals surface area contributed by atoms with Crippen molar-refractivity contribution in [3.05, 3.63) is 29.3 Å². The summed E-state index contributed by atoms with van der Waals surface area (Å²) in [6, 6.07) is 6.14. The molecule has 0 spiro atoms. The number of para-hydroxylation sites is 1. The Morgan fingerprint density at radius 2 is 1.96 bits per heavy atom. The van der Waals surface area contributed by atoms with Gasteiger partial charge in [-0.05, 0) is 63.2 Å². The van der Waals surface area contributed by atoms with E-state index in [2.05, 4.69) is 5.32 Å². The maximum absolute atomic E-state index is 12.0. The summed E-state index contributed by atoms with van der Waals surface area (Å²) < 4.78 is 11.3. The lowest BCUT2D eigenvalue weighted by Crippen LogP contribution is -2.39. The molecule has 1 aromatic carbocycles. The normalized spacial score (nSPS) is 21.8. The molecule has 2 saturated heterocycles. The zero-order chi connectivity index (χ0) is 16.9. The van der Waals surface area contributed by atoms with Gasteiger partial charge in [-0.2, -0.15) is 0 Å². The van der Waals surface area contributed by atoms with Crippen LogP contribution in [0.2, 0.25) is 0 Å². The van der Waals surface area contributed by atoms with Crippen LogP contribution in [0.5, 0.6) is 5.75 Å². The van der Waals surface area contributed by atoms with E-state index in [1.165, 1.54) is 12.8 Å². The van der Waals surface area contributed by atoms with Crippen LogP contribution in [0.3, 0.4) is 0 Å². The third-order valence-electron chi connectivity index (χ3n) is 5.14. The van der Waals surface area contributed by atoms with Crippen LogP contribution < -0.4 is 10.1 Å². The molecule has 1 amide bonds. The average Bonchev–Trinajstić information content (AvgIpc) is 2.93. The van der Waals surface area contributed by atoms with E-state index in [-0.39, 0.29) is 12.1 Å². The van der Waals surface area contributed by atoms with Crippen molar-refractivity contribution in [2.24, 2.45) is 5.92 Å². The first kappa shape index (κ1) is 17.1. The van der Waals surface area contributed by atoms with E-state index in [0.717, 1.165) is 42.9 Å². The lowest BCUT2D eigenvalue weighted by molar-refractivity contribution is 0.151. The van der Waals surface area contributed by atoms with Gasteiger partial charge in [0.25, 0.3) is 0 Å². The largest absolute Gasteiger partial charge is 0.491 e. The van der Waals surface area contributed by atoms with E-state index in [4.69, 9.17) is 9.47 Å². The highest BCUT2D eigenvalue weighted by molar-refractivity contribution is 5.70. The maximum Gasteiger partial charge on any atom is 0.410 e. The average molecular weight is 332 g/mol. The molecule has 132 valence electrons. The summed E-state index contributed by atoms with van der Waals surface area (Å²) in [5.41, 5.74) is 2.25. The monoisotopic (exact) mass is 332 g/mol. The number of nitrogens with one attached hydrogen (secondary N) is 1. The highest BCUT2D eigenvalue weighted by Crippen LogP contribution is 2.24. The second kappa shape index (κ2) is 7.88. The van der Waals surface area contributed by atoms with Gasteiger partial charge in [-0.15, -0.1) is 0 Å². The summed E-state index contributed by atoms with van der Waals surface area (Å²) in [5.74, 6) is 1.63. The summed E-state index contributed by atoms with van der Waals surface area (Å²) in [5, 5.41) is 3.38. The smallest absolute Gasteiger partial charge is 0.410 e. The number of aryl methyl sites for hydroxylation is 2. The van der Waals surface area contributed by atoms with Crippen molar-refractivity contribution in [3.63, 3.8) is 0 Å². The molecule has 1 atom stereocenters. The van der Waals surface area contributed by atoms with Gasteiger partial charge >= 0.3 is 6.09 Å². The Labute approximate surface area is 144 Å². The molecule has 0 aromatic heterocycles. The van der Waals surface area contributed by atoms with Gasteiger partial charge in [0, 0.05) is 6.54 Å². The predicted octanol–water partition coefficient (Wildman–Crippen LogP) is 2.89. The molecule has 0 aliphatic carbocycles. The molecule has 1 N–H and O–H groups in total. The lowest BCUT2D eigenvalue weighted by atomic mass is 9.94. The molecule has 5 heteroatoms. The van der Waals surface area contributed by atoms with Crippen molar-refractivity contribution in [1.29, 1.82) is 0 Å². The SMILES string of the molecule is Cc1cccc(C)c1OCC1COC(=O)N1CCC1CCNCC1. The molecular weight excluding hydrogens is 304 g/mol. The molecule has 24 heavy (non-hydrogen) atoms. The predicted molar refractivity (Wildman–Crippen MR) is 93.5 cm³/mol. The van der Waals surface area contributed by atoms with Gasteiger partial charge in [-0.3, -0.25) is 4.90 Å². The van der Waals surface area contributed by atoms with Crippen LogP contribution in [0.15, 0.2) is 18.2 Å². The lowest BCUT2D eigenvalue weighted by Gasteiger charge is -2.27. The Bertz CT molecular complexity index is 549. The van der Waals surface area contributed by atoms with Crippen LogP contribution in [-0.4, -0.2) is 49.9 Å². The second-order valence-electron chi connectivity index (χ2n) is 6.94. The second-order valence-corrected chi connectivity index (χ2v) is 6.94. The van der Waals surface area contributed by atoms with Crippen LogP contribution >= 0.6 is 0 Å². The number of piperidine rings is 1. The van der Waals surface area contributed by atoms with Crippen LogP contribution in [0.25, 0.3) is 0 Å². The van der Waals surface area contributed by atoms with Crippen LogP contribution in [0, 0.1) is 19.8 Å². The third-order valence-corrected chi connectivity index (χ3v) is 5.14. The first-order valence-electron chi connectivity index (χ1n) is 8.98. The Morgan fingerprint density at radius 1 is 1.25 bits per heavy atom. The number of rotatable bonds is 6. The standard InChI is InChI=1S/C19H28N2O3/c1-14-4-3-5-15(2)18(14)23-12-17-13-24-19(22)21(17)11-8-16-6-9-20-10-7-16/h3-5,16-17,20H,6-13H2,1-2H3. The topological polar surface area (TPSA) is 50.8 Å². The summed E-state index contributed by atoms with van der Waals surface area (Å²) in [6.07, 6.45) is 3.26. The van der Waals surface area contributed by atoms with Gasteiger partial charge in [-0.25, -0.2) is 4.79 Å². The zero-order valence-corrected chi connectivity index (χ0v) is 14.7. The minimum atomic E-state index is -0.195. The van der Waals surface area contributed by atoms with Gasteiger partial charge in [0.2, 0.25) is 0 Å². The highest BCUT2D eigenvalue weighted by Gasteiger charge is 2.33. The fourth-order valence-electron chi connectivity index (χ4n) is 3.60. The Balaban J connectivity index is 1.54. The molecule has 2 fully saturated rings. The molecular formula is C19H28N2O3. The van der Waals surface area contributed by atoms with Crippen molar-refractivity contribution >= 4 is 6.09 Å². The summed E-state index contributed by atoms with van der Waals surface area (Å²) >= 11 is 0. The van der Waals surface area contributed by atoms with Gasteiger partial charge in [0.15, 0.2) is 0 Å². The molecule has 0 radical (unpaired) electrons. The highest BCUT2D eigenvalue weighted by atomic mass is 16.6. The molecule has 1 unspecified atom stereocenters. The Morgan fingerprint density at radius 3 is 2.67 bits per heavy atom. The minimum Gasteiger partial charge on any atom is -0.491 e.